The predicted octanol–water partition coefficient (Wildman–Crippen LogP) is 3.87. The fourth-order valence-corrected chi connectivity index (χ4v) is 3.26. The Balaban J connectivity index is 2.16. The average molecular weight is 411 g/mol. The zero-order valence-electron chi connectivity index (χ0n) is 12.5. The molecule has 2 aromatic carbocycles. The van der Waals surface area contributed by atoms with Crippen molar-refractivity contribution >= 4 is 26.0 Å². The van der Waals surface area contributed by atoms with Gasteiger partial charge in [-0.15, -0.1) is 0 Å². The standard InChI is InChI=1S/C16H12BrFN2O3S/c1-9-15(11-4-7-14(13(18)8-11)24(19,21)22)16(20-23-9)10-2-5-12(17)6-3-10/h2-8H,1H3,(H2,19,21,22). The van der Waals surface area contributed by atoms with Crippen LogP contribution < -0.4 is 5.14 Å². The Morgan fingerprint density at radius 3 is 2.33 bits per heavy atom. The van der Waals surface area contributed by atoms with Gasteiger partial charge in [-0.3, -0.25) is 0 Å². The molecule has 0 aliphatic heterocycles. The van der Waals surface area contributed by atoms with Crippen molar-refractivity contribution in [3.63, 3.8) is 0 Å². The molecule has 0 amide bonds. The van der Waals surface area contributed by atoms with E-state index in [9.17, 15) is 12.8 Å². The molecule has 0 saturated heterocycles. The zero-order valence-corrected chi connectivity index (χ0v) is 14.9. The Morgan fingerprint density at radius 1 is 1.12 bits per heavy atom. The van der Waals surface area contributed by atoms with E-state index in [1.807, 2.05) is 24.3 Å². The first kappa shape index (κ1) is 16.8. The van der Waals surface area contributed by atoms with E-state index in [4.69, 9.17) is 9.66 Å². The maximum Gasteiger partial charge on any atom is 0.240 e. The minimum Gasteiger partial charge on any atom is -0.360 e. The van der Waals surface area contributed by atoms with E-state index >= 15 is 0 Å². The van der Waals surface area contributed by atoms with Gasteiger partial charge in [0.2, 0.25) is 10.0 Å². The van der Waals surface area contributed by atoms with Crippen LogP contribution in [0, 0.1) is 12.7 Å². The van der Waals surface area contributed by atoms with Crippen molar-refractivity contribution in [3.8, 4) is 22.4 Å². The Bertz CT molecular complexity index is 1010. The van der Waals surface area contributed by atoms with Crippen LogP contribution in [0.15, 0.2) is 56.4 Å². The number of aryl methyl sites for hydroxylation is 1. The van der Waals surface area contributed by atoms with Gasteiger partial charge in [0.05, 0.1) is 5.56 Å². The highest BCUT2D eigenvalue weighted by atomic mass is 79.9. The van der Waals surface area contributed by atoms with Gasteiger partial charge in [-0.2, -0.15) is 0 Å². The fraction of sp³-hybridized carbons (Fsp3) is 0.0625. The molecule has 1 heterocycles. The van der Waals surface area contributed by atoms with Crippen LogP contribution in [0.4, 0.5) is 4.39 Å². The summed E-state index contributed by atoms with van der Waals surface area (Å²) >= 11 is 3.36. The number of halogens is 2. The van der Waals surface area contributed by atoms with E-state index in [1.165, 1.54) is 6.07 Å². The summed E-state index contributed by atoms with van der Waals surface area (Å²) in [5, 5.41) is 9.03. The smallest absolute Gasteiger partial charge is 0.240 e. The van der Waals surface area contributed by atoms with Crippen LogP contribution in [0.1, 0.15) is 5.76 Å². The van der Waals surface area contributed by atoms with Gasteiger partial charge in [-0.25, -0.2) is 17.9 Å². The van der Waals surface area contributed by atoms with Crippen molar-refractivity contribution in [3.05, 3.63) is 58.5 Å². The van der Waals surface area contributed by atoms with Gasteiger partial charge in [0.1, 0.15) is 22.2 Å². The number of hydrogen-bond donors (Lipinski definition) is 1. The maximum absolute atomic E-state index is 14.1. The number of nitrogens with two attached hydrogens (primary N) is 1. The Kier molecular flexibility index (Phi) is 4.29. The molecule has 3 rings (SSSR count). The summed E-state index contributed by atoms with van der Waals surface area (Å²) in [5.41, 5.74) is 2.39. The number of sulfonamides is 1. The molecule has 0 aliphatic rings. The van der Waals surface area contributed by atoms with Crippen molar-refractivity contribution in [2.24, 2.45) is 5.14 Å². The van der Waals surface area contributed by atoms with Crippen molar-refractivity contribution in [2.75, 3.05) is 0 Å². The van der Waals surface area contributed by atoms with Gasteiger partial charge in [0.25, 0.3) is 0 Å². The van der Waals surface area contributed by atoms with Gasteiger partial charge in [-0.1, -0.05) is 39.3 Å². The summed E-state index contributed by atoms with van der Waals surface area (Å²) in [4.78, 5) is -0.550. The van der Waals surface area contributed by atoms with Crippen LogP contribution in [-0.4, -0.2) is 13.6 Å². The van der Waals surface area contributed by atoms with Gasteiger partial charge >= 0.3 is 0 Å². The van der Waals surface area contributed by atoms with E-state index in [0.717, 1.165) is 22.2 Å². The van der Waals surface area contributed by atoms with Crippen molar-refractivity contribution in [1.29, 1.82) is 0 Å². The molecule has 8 heteroatoms. The minimum atomic E-state index is -4.12. The van der Waals surface area contributed by atoms with Gasteiger partial charge in [0.15, 0.2) is 0 Å². The molecular weight excluding hydrogens is 399 g/mol. The second-order valence-electron chi connectivity index (χ2n) is 5.16. The average Bonchev–Trinajstić information content (AvgIpc) is 2.88. The molecule has 0 radical (unpaired) electrons. The lowest BCUT2D eigenvalue weighted by Gasteiger charge is -2.06. The van der Waals surface area contributed by atoms with Crippen LogP contribution in [0.3, 0.4) is 0 Å². The van der Waals surface area contributed by atoms with Crippen LogP contribution in [0.2, 0.25) is 0 Å². The highest BCUT2D eigenvalue weighted by Gasteiger charge is 2.20. The molecule has 0 fully saturated rings. The van der Waals surface area contributed by atoms with E-state index in [0.29, 0.717) is 22.6 Å². The van der Waals surface area contributed by atoms with Gasteiger partial charge in [0, 0.05) is 10.0 Å². The summed E-state index contributed by atoms with van der Waals surface area (Å²) in [7, 11) is -4.12. The highest BCUT2D eigenvalue weighted by Crippen LogP contribution is 2.35. The maximum atomic E-state index is 14.1. The third-order valence-electron chi connectivity index (χ3n) is 3.51. The molecule has 0 aliphatic carbocycles. The second-order valence-corrected chi connectivity index (χ2v) is 7.60. The van der Waals surface area contributed by atoms with E-state index in [2.05, 4.69) is 21.1 Å². The third kappa shape index (κ3) is 3.12. The quantitative estimate of drug-likeness (QED) is 0.709. The minimum absolute atomic E-state index is 0.455. The molecule has 2 N–H and O–H groups in total. The van der Waals surface area contributed by atoms with E-state index in [-0.39, 0.29) is 0 Å². The summed E-state index contributed by atoms with van der Waals surface area (Å²) in [6, 6.07) is 11.1. The molecule has 124 valence electrons. The van der Waals surface area contributed by atoms with E-state index < -0.39 is 20.7 Å². The number of primary sulfonamides is 1. The third-order valence-corrected chi connectivity index (χ3v) is 4.98. The van der Waals surface area contributed by atoms with Crippen LogP contribution in [0.25, 0.3) is 22.4 Å². The van der Waals surface area contributed by atoms with Gasteiger partial charge in [-0.05, 0) is 36.8 Å². The normalized spacial score (nSPS) is 11.7. The van der Waals surface area contributed by atoms with Crippen LogP contribution >= 0.6 is 15.9 Å². The summed E-state index contributed by atoms with van der Waals surface area (Å²) in [6.45, 7) is 1.70. The number of rotatable bonds is 3. The van der Waals surface area contributed by atoms with Crippen molar-refractivity contribution in [2.45, 2.75) is 11.8 Å². The molecule has 0 atom stereocenters. The SMILES string of the molecule is Cc1onc(-c2ccc(Br)cc2)c1-c1ccc(S(N)(=O)=O)c(F)c1. The zero-order chi connectivity index (χ0) is 17.5. The first-order chi connectivity index (χ1) is 11.3. The lowest BCUT2D eigenvalue weighted by Crippen LogP contribution is -2.13. The van der Waals surface area contributed by atoms with E-state index in [1.54, 1.807) is 6.92 Å². The fourth-order valence-electron chi connectivity index (χ4n) is 2.40. The molecule has 24 heavy (non-hydrogen) atoms. The monoisotopic (exact) mass is 410 g/mol. The number of aromatic nitrogens is 1. The molecule has 3 aromatic rings. The summed E-state index contributed by atoms with van der Waals surface area (Å²) in [6.07, 6.45) is 0. The molecule has 5 nitrogen and oxygen atoms in total. The topological polar surface area (TPSA) is 86.2 Å². The summed E-state index contributed by atoms with van der Waals surface area (Å²) < 4.78 is 43.0. The Hall–Kier alpha value is -2.03. The predicted molar refractivity (Wildman–Crippen MR) is 91.1 cm³/mol. The lowest BCUT2D eigenvalue weighted by molar-refractivity contribution is 0.400. The largest absolute Gasteiger partial charge is 0.360 e. The molecule has 0 spiro atoms. The molecule has 0 saturated carbocycles. The Labute approximate surface area is 146 Å². The van der Waals surface area contributed by atoms with Gasteiger partial charge < -0.3 is 4.52 Å². The van der Waals surface area contributed by atoms with Crippen molar-refractivity contribution in [1.82, 2.24) is 5.16 Å². The molecule has 0 bridgehead atoms. The molecular formula is C16H12BrFN2O3S. The Morgan fingerprint density at radius 2 is 1.75 bits per heavy atom. The second kappa shape index (κ2) is 6.12. The summed E-state index contributed by atoms with van der Waals surface area (Å²) in [5.74, 6) is -0.423. The lowest BCUT2D eigenvalue weighted by atomic mass is 9.99. The van der Waals surface area contributed by atoms with Crippen LogP contribution in [0.5, 0.6) is 0 Å². The highest BCUT2D eigenvalue weighted by molar-refractivity contribution is 9.10. The first-order valence-electron chi connectivity index (χ1n) is 6.82. The number of benzene rings is 2. The first-order valence-corrected chi connectivity index (χ1v) is 9.16. The number of nitrogens with zero attached hydrogens (tertiary/aromatic N) is 1. The molecule has 0 unspecified atom stereocenters. The van der Waals surface area contributed by atoms with Crippen LogP contribution in [-0.2, 0) is 10.0 Å². The number of hydrogen-bond acceptors (Lipinski definition) is 4. The van der Waals surface area contributed by atoms with Crippen molar-refractivity contribution < 1.29 is 17.3 Å². The molecule has 1 aromatic heterocycles.